The molecule has 30 heavy (non-hydrogen) atoms. The molecule has 176 valence electrons. The van der Waals surface area contributed by atoms with E-state index in [4.69, 9.17) is 27.6 Å². The topological polar surface area (TPSA) is 89.5 Å². The fourth-order valence-corrected chi connectivity index (χ4v) is 6.18. The van der Waals surface area contributed by atoms with E-state index >= 15 is 0 Å². The van der Waals surface area contributed by atoms with Gasteiger partial charge in [-0.2, -0.15) is 8.42 Å². The Hall–Kier alpha value is -0.0731. The normalized spacial score (nSPS) is 38.7. The number of hydrogen-bond donors (Lipinski definition) is 0. The zero-order chi connectivity index (χ0) is 22.9. The summed E-state index contributed by atoms with van der Waals surface area (Å²) in [6.07, 6.45) is -1.86. The van der Waals surface area contributed by atoms with Crippen LogP contribution in [0, 0.1) is 0 Å². The molecule has 2 heterocycles. The van der Waals surface area contributed by atoms with Gasteiger partial charge in [0.15, 0.2) is 19.9 Å². The highest BCUT2D eigenvalue weighted by molar-refractivity contribution is 7.86. The van der Waals surface area contributed by atoms with Crippen molar-refractivity contribution in [2.75, 3.05) is 6.26 Å². The van der Waals surface area contributed by atoms with Crippen LogP contribution in [0.2, 0.25) is 18.1 Å². The van der Waals surface area contributed by atoms with Gasteiger partial charge in [0, 0.05) is 6.42 Å². The first-order valence-electron chi connectivity index (χ1n) is 10.6. The highest BCUT2D eigenvalue weighted by Crippen LogP contribution is 2.47. The summed E-state index contributed by atoms with van der Waals surface area (Å²) < 4.78 is 61.2. The van der Waals surface area contributed by atoms with Crippen molar-refractivity contribution in [3.05, 3.63) is 0 Å². The number of fused-ring (bicyclic) bond motifs is 3. The molecule has 0 aromatic rings. The SMILES string of the molecule is CC1(C)O[C@@H]2[C@H]3OC(C)(C)O[C@@H]3[C@@H](O[Si](C)(C)C(C)(C)C)C[C@@H](OS(C)(=O)=O)[C@@H]2O1. The Bertz CT molecular complexity index is 757. The predicted octanol–water partition coefficient (Wildman–Crippen LogP) is 3.17. The van der Waals surface area contributed by atoms with Gasteiger partial charge in [-0.25, -0.2) is 0 Å². The molecule has 0 aromatic carbocycles. The molecule has 0 aromatic heterocycles. The van der Waals surface area contributed by atoms with E-state index in [1.165, 1.54) is 0 Å². The lowest BCUT2D eigenvalue weighted by Gasteiger charge is -2.41. The molecule has 0 amide bonds. The van der Waals surface area contributed by atoms with E-state index < -0.39 is 66.6 Å². The molecule has 3 aliphatic rings. The zero-order valence-electron chi connectivity index (χ0n) is 19.8. The van der Waals surface area contributed by atoms with Crippen molar-refractivity contribution in [2.45, 2.75) is 121 Å². The molecule has 10 heteroatoms. The lowest BCUT2D eigenvalue weighted by atomic mass is 10.0. The molecule has 0 N–H and O–H groups in total. The van der Waals surface area contributed by atoms with Crippen LogP contribution in [-0.2, 0) is 37.7 Å². The van der Waals surface area contributed by atoms with Crippen LogP contribution >= 0.6 is 0 Å². The molecule has 3 fully saturated rings. The van der Waals surface area contributed by atoms with Crippen LogP contribution in [0.3, 0.4) is 0 Å². The number of hydrogen-bond acceptors (Lipinski definition) is 8. The van der Waals surface area contributed by atoms with Gasteiger partial charge in [0.1, 0.15) is 30.5 Å². The smallest absolute Gasteiger partial charge is 0.264 e. The van der Waals surface area contributed by atoms with Crippen molar-refractivity contribution >= 4 is 18.4 Å². The zero-order valence-corrected chi connectivity index (χ0v) is 21.7. The summed E-state index contributed by atoms with van der Waals surface area (Å²) in [5.74, 6) is -1.70. The van der Waals surface area contributed by atoms with Crippen LogP contribution < -0.4 is 0 Å². The summed E-state index contributed by atoms with van der Waals surface area (Å²) in [6, 6.07) is 0. The third kappa shape index (κ3) is 5.11. The summed E-state index contributed by atoms with van der Waals surface area (Å²) >= 11 is 0. The van der Waals surface area contributed by atoms with Crippen LogP contribution in [0.5, 0.6) is 0 Å². The molecule has 6 atom stereocenters. The highest BCUT2D eigenvalue weighted by atomic mass is 32.2. The minimum atomic E-state index is -3.72. The first kappa shape index (κ1) is 24.6. The van der Waals surface area contributed by atoms with Crippen LogP contribution in [0.15, 0.2) is 0 Å². The van der Waals surface area contributed by atoms with Gasteiger partial charge < -0.3 is 23.4 Å². The molecule has 2 aliphatic heterocycles. The van der Waals surface area contributed by atoms with E-state index in [1.54, 1.807) is 13.8 Å². The number of ether oxygens (including phenoxy) is 4. The maximum atomic E-state index is 12.0. The van der Waals surface area contributed by atoms with Crippen molar-refractivity contribution in [1.82, 2.24) is 0 Å². The van der Waals surface area contributed by atoms with Crippen LogP contribution in [0.25, 0.3) is 0 Å². The molecule has 0 spiro atoms. The second kappa shape index (κ2) is 7.48. The van der Waals surface area contributed by atoms with Crippen LogP contribution in [-0.4, -0.2) is 71.2 Å². The summed E-state index contributed by atoms with van der Waals surface area (Å²) in [4.78, 5) is 0. The second-order valence-corrected chi connectivity index (χ2v) is 17.5. The van der Waals surface area contributed by atoms with Crippen molar-refractivity contribution < 1.29 is 36.0 Å². The molecule has 0 bridgehead atoms. The van der Waals surface area contributed by atoms with Gasteiger partial charge in [-0.3, -0.25) is 4.18 Å². The Labute approximate surface area is 182 Å². The van der Waals surface area contributed by atoms with Gasteiger partial charge in [0.25, 0.3) is 10.1 Å². The molecule has 1 aliphatic carbocycles. The Morgan fingerprint density at radius 1 is 0.833 bits per heavy atom. The first-order chi connectivity index (χ1) is 13.3. The molecule has 0 unspecified atom stereocenters. The van der Waals surface area contributed by atoms with E-state index in [9.17, 15) is 8.42 Å². The average molecular weight is 467 g/mol. The van der Waals surface area contributed by atoms with Gasteiger partial charge >= 0.3 is 0 Å². The maximum Gasteiger partial charge on any atom is 0.264 e. The quantitative estimate of drug-likeness (QED) is 0.461. The Kier molecular flexibility index (Phi) is 6.12. The highest BCUT2D eigenvalue weighted by Gasteiger charge is 2.61. The second-order valence-electron chi connectivity index (χ2n) is 11.1. The van der Waals surface area contributed by atoms with Gasteiger partial charge in [-0.05, 0) is 45.8 Å². The Morgan fingerprint density at radius 3 is 1.63 bits per heavy atom. The fourth-order valence-electron chi connectivity index (χ4n) is 4.20. The lowest BCUT2D eigenvalue weighted by Crippen LogP contribution is -2.50. The largest absolute Gasteiger partial charge is 0.411 e. The Morgan fingerprint density at radius 2 is 1.23 bits per heavy atom. The molecular weight excluding hydrogens is 428 g/mol. The molecule has 8 nitrogen and oxygen atoms in total. The molecule has 3 rings (SSSR count). The van der Waals surface area contributed by atoms with E-state index in [-0.39, 0.29) is 5.04 Å². The minimum Gasteiger partial charge on any atom is -0.411 e. The standard InChI is InChI=1S/C20H38O8SSi/c1-18(2,3)30(9,10)28-13-11-12(27-29(8,21)22)14-16(25-19(4,5)23-14)17-15(13)24-20(6,7)26-17/h12-17H,11H2,1-10H3/t12-,13+,14+,15-,16+,17+/m1/s1. The van der Waals surface area contributed by atoms with Gasteiger partial charge in [-0.1, -0.05) is 20.8 Å². The molecule has 0 radical (unpaired) electrons. The summed E-state index contributed by atoms with van der Waals surface area (Å²) in [5.41, 5.74) is 0. The Balaban J connectivity index is 2.01. The third-order valence-corrected chi connectivity index (χ3v) is 11.5. The van der Waals surface area contributed by atoms with Crippen molar-refractivity contribution in [3.63, 3.8) is 0 Å². The summed E-state index contributed by atoms with van der Waals surface area (Å²) in [5, 5.41) is -0.0260. The summed E-state index contributed by atoms with van der Waals surface area (Å²) in [6.45, 7) is 18.2. The van der Waals surface area contributed by atoms with Gasteiger partial charge in [0.2, 0.25) is 0 Å². The molecule has 1 saturated carbocycles. The third-order valence-electron chi connectivity index (χ3n) is 6.40. The first-order valence-corrected chi connectivity index (χ1v) is 15.3. The van der Waals surface area contributed by atoms with Gasteiger partial charge in [0.05, 0.1) is 12.4 Å². The number of rotatable bonds is 4. The van der Waals surface area contributed by atoms with Crippen LogP contribution in [0.4, 0.5) is 0 Å². The monoisotopic (exact) mass is 466 g/mol. The van der Waals surface area contributed by atoms with E-state index in [1.807, 2.05) is 13.8 Å². The molecular formula is C20H38O8SSi. The summed E-state index contributed by atoms with van der Waals surface area (Å²) in [7, 11) is -5.92. The van der Waals surface area contributed by atoms with E-state index in [0.29, 0.717) is 6.42 Å². The van der Waals surface area contributed by atoms with E-state index in [2.05, 4.69) is 33.9 Å². The van der Waals surface area contributed by atoms with Crippen molar-refractivity contribution in [3.8, 4) is 0 Å². The minimum absolute atomic E-state index is 0.0260. The van der Waals surface area contributed by atoms with Crippen LogP contribution in [0.1, 0.15) is 54.9 Å². The average Bonchev–Trinajstić information content (AvgIpc) is 2.96. The van der Waals surface area contributed by atoms with Gasteiger partial charge in [-0.15, -0.1) is 0 Å². The van der Waals surface area contributed by atoms with Crippen molar-refractivity contribution in [2.24, 2.45) is 0 Å². The molecule has 2 saturated heterocycles. The predicted molar refractivity (Wildman–Crippen MR) is 114 cm³/mol. The fraction of sp³-hybridized carbons (Fsp3) is 1.00. The van der Waals surface area contributed by atoms with Crippen molar-refractivity contribution in [1.29, 1.82) is 0 Å². The van der Waals surface area contributed by atoms with E-state index in [0.717, 1.165) is 6.26 Å². The lowest BCUT2D eigenvalue weighted by molar-refractivity contribution is -0.175. The maximum absolute atomic E-state index is 12.0.